The standard InChI is InChI=1S/C16H24F3N3O3/c1-9(2)6-10(14(24)25)7-20-13(23)11-8-21-22(15(3,4)5)12(11)16(17,18)19/h8-10H,6-7H2,1-5H3,(H,20,23)(H,24,25). The summed E-state index contributed by atoms with van der Waals surface area (Å²) in [6.07, 6.45) is -3.59. The monoisotopic (exact) mass is 363 g/mol. The lowest BCUT2D eigenvalue weighted by Gasteiger charge is -2.24. The molecule has 1 atom stereocenters. The van der Waals surface area contributed by atoms with Gasteiger partial charge in [-0.05, 0) is 33.1 Å². The second kappa shape index (κ2) is 7.45. The number of carboxylic acids is 1. The molecule has 0 spiro atoms. The highest BCUT2D eigenvalue weighted by Crippen LogP contribution is 2.34. The van der Waals surface area contributed by atoms with Crippen LogP contribution in [-0.4, -0.2) is 33.3 Å². The Kier molecular flexibility index (Phi) is 6.25. The maximum atomic E-state index is 13.4. The minimum atomic E-state index is -4.76. The van der Waals surface area contributed by atoms with Gasteiger partial charge >= 0.3 is 12.1 Å². The molecule has 1 rings (SSSR count). The highest BCUT2D eigenvalue weighted by atomic mass is 19.4. The lowest BCUT2D eigenvalue weighted by molar-refractivity contribution is -0.146. The van der Waals surface area contributed by atoms with Crippen molar-refractivity contribution < 1.29 is 27.9 Å². The molecule has 0 aliphatic rings. The van der Waals surface area contributed by atoms with E-state index in [1.54, 1.807) is 20.8 Å². The summed E-state index contributed by atoms with van der Waals surface area (Å²) in [5.74, 6) is -2.88. The van der Waals surface area contributed by atoms with Crippen molar-refractivity contribution in [3.05, 3.63) is 17.5 Å². The second-order valence-corrected chi connectivity index (χ2v) is 7.36. The van der Waals surface area contributed by atoms with Crippen molar-refractivity contribution >= 4 is 11.9 Å². The third kappa shape index (κ3) is 5.47. The number of hydrogen-bond donors (Lipinski definition) is 2. The molecule has 0 saturated carbocycles. The summed E-state index contributed by atoms with van der Waals surface area (Å²) >= 11 is 0. The molecule has 1 amide bonds. The average Bonchev–Trinajstić information content (AvgIpc) is 2.87. The lowest BCUT2D eigenvalue weighted by Crippen LogP contribution is -2.35. The molecule has 1 aromatic heterocycles. The number of rotatable bonds is 6. The van der Waals surface area contributed by atoms with Crippen molar-refractivity contribution in [2.45, 2.75) is 52.8 Å². The van der Waals surface area contributed by atoms with Gasteiger partial charge in [0.2, 0.25) is 0 Å². The van der Waals surface area contributed by atoms with Crippen LogP contribution in [0.2, 0.25) is 0 Å². The zero-order valence-electron chi connectivity index (χ0n) is 14.9. The fourth-order valence-electron chi connectivity index (χ4n) is 2.45. The van der Waals surface area contributed by atoms with E-state index in [1.807, 2.05) is 13.8 Å². The van der Waals surface area contributed by atoms with Crippen LogP contribution in [0.4, 0.5) is 13.2 Å². The first-order valence-electron chi connectivity index (χ1n) is 7.91. The van der Waals surface area contributed by atoms with E-state index in [2.05, 4.69) is 10.4 Å². The first-order chi connectivity index (χ1) is 11.2. The molecular formula is C16H24F3N3O3. The molecule has 2 N–H and O–H groups in total. The lowest BCUT2D eigenvalue weighted by atomic mass is 9.97. The van der Waals surface area contributed by atoms with Crippen molar-refractivity contribution in [3.8, 4) is 0 Å². The van der Waals surface area contributed by atoms with Gasteiger partial charge in [0, 0.05) is 6.54 Å². The first-order valence-corrected chi connectivity index (χ1v) is 7.91. The van der Waals surface area contributed by atoms with Crippen LogP contribution >= 0.6 is 0 Å². The predicted molar refractivity (Wildman–Crippen MR) is 85.1 cm³/mol. The molecule has 1 aromatic rings. The molecule has 25 heavy (non-hydrogen) atoms. The molecule has 142 valence electrons. The molecule has 9 heteroatoms. The molecule has 0 aliphatic carbocycles. The molecule has 0 bridgehead atoms. The number of carbonyl (C=O) groups is 2. The molecule has 0 aliphatic heterocycles. The minimum Gasteiger partial charge on any atom is -0.481 e. The van der Waals surface area contributed by atoms with Gasteiger partial charge in [-0.25, -0.2) is 0 Å². The Hall–Kier alpha value is -2.06. The Morgan fingerprint density at radius 3 is 2.24 bits per heavy atom. The Labute approximate surface area is 144 Å². The van der Waals surface area contributed by atoms with E-state index in [4.69, 9.17) is 5.11 Å². The van der Waals surface area contributed by atoms with Crippen LogP contribution in [-0.2, 0) is 16.5 Å². The third-order valence-corrected chi connectivity index (χ3v) is 3.53. The SMILES string of the molecule is CC(C)CC(CNC(=O)c1cnn(C(C)(C)C)c1C(F)(F)F)C(=O)O. The molecule has 0 saturated heterocycles. The van der Waals surface area contributed by atoms with E-state index < -0.39 is 40.8 Å². The fourth-order valence-corrected chi connectivity index (χ4v) is 2.45. The second-order valence-electron chi connectivity index (χ2n) is 7.36. The molecule has 0 radical (unpaired) electrons. The quantitative estimate of drug-likeness (QED) is 0.813. The Balaban J connectivity index is 3.07. The van der Waals surface area contributed by atoms with E-state index in [1.165, 1.54) is 0 Å². The van der Waals surface area contributed by atoms with E-state index >= 15 is 0 Å². The molecule has 1 heterocycles. The van der Waals surface area contributed by atoms with Crippen LogP contribution in [0.3, 0.4) is 0 Å². The topological polar surface area (TPSA) is 84.2 Å². The summed E-state index contributed by atoms with van der Waals surface area (Å²) in [4.78, 5) is 23.4. The normalized spacial score (nSPS) is 13.8. The molecular weight excluding hydrogens is 339 g/mol. The zero-order chi connectivity index (χ0) is 19.6. The van der Waals surface area contributed by atoms with Crippen LogP contribution < -0.4 is 5.32 Å². The Morgan fingerprint density at radius 2 is 1.84 bits per heavy atom. The largest absolute Gasteiger partial charge is 0.481 e. The van der Waals surface area contributed by atoms with Crippen LogP contribution in [0.5, 0.6) is 0 Å². The number of aromatic nitrogens is 2. The molecule has 0 aromatic carbocycles. The van der Waals surface area contributed by atoms with Crippen LogP contribution in [0, 0.1) is 11.8 Å². The van der Waals surface area contributed by atoms with E-state index in [0.717, 1.165) is 10.9 Å². The summed E-state index contributed by atoms with van der Waals surface area (Å²) in [6.45, 7) is 8.03. The zero-order valence-corrected chi connectivity index (χ0v) is 14.9. The van der Waals surface area contributed by atoms with E-state index in [9.17, 15) is 22.8 Å². The number of nitrogens with one attached hydrogen (secondary N) is 1. The smallest absolute Gasteiger partial charge is 0.433 e. The average molecular weight is 363 g/mol. The van der Waals surface area contributed by atoms with Crippen LogP contribution in [0.15, 0.2) is 6.20 Å². The van der Waals surface area contributed by atoms with E-state index in [-0.39, 0.29) is 12.5 Å². The third-order valence-electron chi connectivity index (χ3n) is 3.53. The van der Waals surface area contributed by atoms with Gasteiger partial charge in [-0.2, -0.15) is 18.3 Å². The van der Waals surface area contributed by atoms with Gasteiger partial charge in [0.25, 0.3) is 5.91 Å². The number of carbonyl (C=O) groups excluding carboxylic acids is 1. The van der Waals surface area contributed by atoms with Gasteiger partial charge in [0.15, 0.2) is 5.69 Å². The first kappa shape index (κ1) is 21.0. The summed E-state index contributed by atoms with van der Waals surface area (Å²) < 4.78 is 40.9. The van der Waals surface area contributed by atoms with Crippen LogP contribution in [0.25, 0.3) is 0 Å². The minimum absolute atomic E-state index is 0.0763. The maximum Gasteiger partial charge on any atom is 0.433 e. The van der Waals surface area contributed by atoms with Gasteiger partial charge in [-0.3, -0.25) is 14.3 Å². The van der Waals surface area contributed by atoms with Gasteiger partial charge in [0.1, 0.15) is 0 Å². The highest BCUT2D eigenvalue weighted by molar-refractivity contribution is 5.95. The van der Waals surface area contributed by atoms with Gasteiger partial charge < -0.3 is 10.4 Å². The van der Waals surface area contributed by atoms with Crippen molar-refractivity contribution in [1.29, 1.82) is 0 Å². The molecule has 6 nitrogen and oxygen atoms in total. The number of halogens is 3. The molecule has 1 unspecified atom stereocenters. The van der Waals surface area contributed by atoms with Crippen molar-refractivity contribution in [2.75, 3.05) is 6.54 Å². The fraction of sp³-hybridized carbons (Fsp3) is 0.688. The summed E-state index contributed by atoms with van der Waals surface area (Å²) in [5, 5.41) is 15.1. The predicted octanol–water partition coefficient (Wildman–Crippen LogP) is 3.13. The van der Waals surface area contributed by atoms with Gasteiger partial charge in [-0.15, -0.1) is 0 Å². The summed E-state index contributed by atoms with van der Waals surface area (Å²) in [7, 11) is 0. The number of hydrogen-bond acceptors (Lipinski definition) is 3. The van der Waals surface area contributed by atoms with Crippen molar-refractivity contribution in [3.63, 3.8) is 0 Å². The maximum absolute atomic E-state index is 13.4. The number of amides is 1. The summed E-state index contributed by atoms with van der Waals surface area (Å²) in [6, 6.07) is 0. The van der Waals surface area contributed by atoms with Gasteiger partial charge in [0.05, 0.1) is 23.2 Å². The Morgan fingerprint density at radius 1 is 1.28 bits per heavy atom. The number of aliphatic carboxylic acids is 1. The van der Waals surface area contributed by atoms with Crippen LogP contribution in [0.1, 0.15) is 57.1 Å². The highest BCUT2D eigenvalue weighted by Gasteiger charge is 2.42. The summed E-state index contributed by atoms with van der Waals surface area (Å²) in [5.41, 5.74) is -2.73. The Bertz CT molecular complexity index is 631. The van der Waals surface area contributed by atoms with Gasteiger partial charge in [-0.1, -0.05) is 13.8 Å². The number of alkyl halides is 3. The van der Waals surface area contributed by atoms with Crippen molar-refractivity contribution in [2.24, 2.45) is 11.8 Å². The molecule has 0 fully saturated rings. The van der Waals surface area contributed by atoms with Crippen molar-refractivity contribution in [1.82, 2.24) is 15.1 Å². The number of carboxylic acid groups (broad SMARTS) is 1. The van der Waals surface area contributed by atoms with E-state index in [0.29, 0.717) is 6.42 Å². The number of nitrogens with zero attached hydrogens (tertiary/aromatic N) is 2.